The number of benzene rings is 3. The monoisotopic (exact) mass is 502 g/mol. The van der Waals surface area contributed by atoms with Gasteiger partial charge in [0.05, 0.1) is 18.6 Å². The molecule has 0 saturated heterocycles. The fraction of sp³-hybridized carbons (Fsp3) is 0.296. The molecule has 5 nitrogen and oxygen atoms in total. The summed E-state index contributed by atoms with van der Waals surface area (Å²) in [4.78, 5) is 12.5. The summed E-state index contributed by atoms with van der Waals surface area (Å²) in [5.41, 5.74) is 2.26. The topological polar surface area (TPSA) is 87.0 Å². The van der Waals surface area contributed by atoms with Gasteiger partial charge in [-0.25, -0.2) is 8.78 Å². The van der Waals surface area contributed by atoms with Crippen LogP contribution < -0.4 is 4.74 Å². The number of aliphatic carboxylic acids is 1. The summed E-state index contributed by atoms with van der Waals surface area (Å²) in [6.45, 7) is 3.83. The highest BCUT2D eigenvalue weighted by molar-refractivity contribution is 7.99. The minimum Gasteiger partial charge on any atom is -0.490 e. The first kappa shape index (κ1) is 26.7. The van der Waals surface area contributed by atoms with Crippen molar-refractivity contribution in [2.24, 2.45) is 0 Å². The van der Waals surface area contributed by atoms with Crippen molar-refractivity contribution in [2.45, 2.75) is 54.6 Å². The zero-order valence-electron chi connectivity index (χ0n) is 19.4. The smallest absolute Gasteiger partial charge is 0.305 e. The van der Waals surface area contributed by atoms with Crippen LogP contribution in [0.1, 0.15) is 38.2 Å². The summed E-state index contributed by atoms with van der Waals surface area (Å²) in [7, 11) is 0. The first-order chi connectivity index (χ1) is 16.6. The highest BCUT2D eigenvalue weighted by Gasteiger charge is 2.20. The van der Waals surface area contributed by atoms with E-state index in [0.717, 1.165) is 15.4 Å². The van der Waals surface area contributed by atoms with E-state index in [-0.39, 0.29) is 30.6 Å². The van der Waals surface area contributed by atoms with E-state index in [1.807, 2.05) is 26.0 Å². The van der Waals surface area contributed by atoms with Crippen LogP contribution in [0.15, 0.2) is 70.5 Å². The van der Waals surface area contributed by atoms with Crippen molar-refractivity contribution in [1.82, 2.24) is 0 Å². The molecule has 0 heterocycles. The summed E-state index contributed by atoms with van der Waals surface area (Å²) in [5.74, 6) is -1.30. The Labute approximate surface area is 207 Å². The Bertz CT molecular complexity index is 1130. The molecule has 0 spiro atoms. The van der Waals surface area contributed by atoms with Gasteiger partial charge >= 0.3 is 5.97 Å². The molecular weight excluding hydrogens is 474 g/mol. The largest absolute Gasteiger partial charge is 0.490 e. The average molecular weight is 503 g/mol. The molecule has 0 fully saturated rings. The maximum atomic E-state index is 13.6. The fourth-order valence-electron chi connectivity index (χ4n) is 3.60. The fourth-order valence-corrected chi connectivity index (χ4v) is 4.51. The number of rotatable bonds is 11. The Morgan fingerprint density at radius 1 is 0.914 bits per heavy atom. The second-order valence-electron chi connectivity index (χ2n) is 8.56. The van der Waals surface area contributed by atoms with E-state index in [1.54, 1.807) is 24.3 Å². The summed E-state index contributed by atoms with van der Waals surface area (Å²) in [6, 6.07) is 16.0. The maximum absolute atomic E-state index is 13.6. The number of halogens is 2. The van der Waals surface area contributed by atoms with Crippen LogP contribution in [0.2, 0.25) is 0 Å². The SMILES string of the molecule is CC(C)c1cc(Sc2ccc(F)cc2)cc(-c2ccc(F)cc2)c1OCC(O)CC(O)CC(=O)O. The van der Waals surface area contributed by atoms with Crippen LogP contribution in [0.4, 0.5) is 8.78 Å². The lowest BCUT2D eigenvalue weighted by atomic mass is 9.95. The Hall–Kier alpha value is -2.94. The average Bonchev–Trinajstić information content (AvgIpc) is 2.79. The lowest BCUT2D eigenvalue weighted by molar-refractivity contribution is -0.139. The molecule has 2 atom stereocenters. The zero-order chi connectivity index (χ0) is 25.5. The number of hydrogen-bond acceptors (Lipinski definition) is 5. The third-order valence-electron chi connectivity index (χ3n) is 5.29. The number of carbonyl (C=O) groups is 1. The Kier molecular flexibility index (Phi) is 9.26. The zero-order valence-corrected chi connectivity index (χ0v) is 20.3. The number of carboxylic acids is 1. The molecule has 0 amide bonds. The van der Waals surface area contributed by atoms with Crippen molar-refractivity contribution < 1.29 is 33.6 Å². The van der Waals surface area contributed by atoms with E-state index in [9.17, 15) is 23.8 Å². The van der Waals surface area contributed by atoms with E-state index < -0.39 is 24.6 Å². The standard InChI is InChI=1S/C27H28F2O5S/c1-16(2)24-13-23(35-22-9-7-19(29)8-10-22)14-25(17-3-5-18(28)6-4-17)27(24)34-15-21(31)11-20(30)12-26(32)33/h3-10,13-14,16,20-21,30-31H,11-12,15H2,1-2H3,(H,32,33). The first-order valence-corrected chi connectivity index (χ1v) is 12.0. The van der Waals surface area contributed by atoms with Crippen LogP contribution in [0.5, 0.6) is 5.75 Å². The van der Waals surface area contributed by atoms with Crippen LogP contribution in [-0.4, -0.2) is 40.1 Å². The van der Waals surface area contributed by atoms with Crippen molar-refractivity contribution in [2.75, 3.05) is 6.61 Å². The van der Waals surface area contributed by atoms with E-state index in [2.05, 4.69) is 0 Å². The van der Waals surface area contributed by atoms with Crippen molar-refractivity contribution in [3.63, 3.8) is 0 Å². The molecule has 35 heavy (non-hydrogen) atoms. The minimum absolute atomic E-state index is 0.0349. The second kappa shape index (κ2) is 12.2. The molecule has 186 valence electrons. The maximum Gasteiger partial charge on any atom is 0.305 e. The molecule has 3 aromatic rings. The van der Waals surface area contributed by atoms with Crippen LogP contribution in [0.25, 0.3) is 11.1 Å². The minimum atomic E-state index is -1.19. The lowest BCUT2D eigenvalue weighted by Gasteiger charge is -2.22. The molecule has 0 aliphatic carbocycles. The van der Waals surface area contributed by atoms with Gasteiger partial charge in [0.1, 0.15) is 24.0 Å². The highest BCUT2D eigenvalue weighted by Crippen LogP contribution is 2.42. The third kappa shape index (κ3) is 7.78. The van der Waals surface area contributed by atoms with Gasteiger partial charge in [-0.3, -0.25) is 4.79 Å². The predicted molar refractivity (Wildman–Crippen MR) is 131 cm³/mol. The normalized spacial score (nSPS) is 13.0. The molecule has 3 N–H and O–H groups in total. The highest BCUT2D eigenvalue weighted by atomic mass is 32.2. The molecule has 0 aromatic heterocycles. The van der Waals surface area contributed by atoms with E-state index in [0.29, 0.717) is 16.9 Å². The van der Waals surface area contributed by atoms with Gasteiger partial charge in [-0.15, -0.1) is 0 Å². The lowest BCUT2D eigenvalue weighted by Crippen LogP contribution is -2.25. The Balaban J connectivity index is 1.95. The van der Waals surface area contributed by atoms with Gasteiger partial charge in [0, 0.05) is 21.8 Å². The van der Waals surface area contributed by atoms with Gasteiger partial charge in [0.15, 0.2) is 0 Å². The van der Waals surface area contributed by atoms with Gasteiger partial charge in [-0.05, 0) is 65.6 Å². The van der Waals surface area contributed by atoms with E-state index >= 15 is 0 Å². The molecule has 0 aliphatic rings. The quantitative estimate of drug-likeness (QED) is 0.304. The molecule has 8 heteroatoms. The molecular formula is C27H28F2O5S. The van der Waals surface area contributed by atoms with Gasteiger partial charge < -0.3 is 20.1 Å². The van der Waals surface area contributed by atoms with E-state index in [4.69, 9.17) is 9.84 Å². The number of aliphatic hydroxyl groups excluding tert-OH is 2. The third-order valence-corrected chi connectivity index (χ3v) is 6.27. The summed E-state index contributed by atoms with van der Waals surface area (Å²) in [6.07, 6.45) is -2.89. The molecule has 3 rings (SSSR count). The number of aliphatic hydroxyl groups is 2. The number of carboxylic acid groups (broad SMARTS) is 1. The Morgan fingerprint density at radius 2 is 1.51 bits per heavy atom. The van der Waals surface area contributed by atoms with Gasteiger partial charge in [0.25, 0.3) is 0 Å². The molecule has 0 saturated carbocycles. The van der Waals surface area contributed by atoms with Crippen molar-refractivity contribution >= 4 is 17.7 Å². The first-order valence-electron chi connectivity index (χ1n) is 11.2. The molecule has 3 aromatic carbocycles. The number of hydrogen-bond donors (Lipinski definition) is 3. The van der Waals surface area contributed by atoms with Crippen LogP contribution in [0, 0.1) is 11.6 Å². The number of ether oxygens (including phenoxy) is 1. The van der Waals surface area contributed by atoms with Gasteiger partial charge in [0.2, 0.25) is 0 Å². The van der Waals surface area contributed by atoms with Crippen molar-refractivity contribution in [3.8, 4) is 16.9 Å². The van der Waals surface area contributed by atoms with Crippen molar-refractivity contribution in [1.29, 1.82) is 0 Å². The molecule has 0 radical (unpaired) electrons. The summed E-state index contributed by atoms with van der Waals surface area (Å²) in [5, 5.41) is 29.0. The second-order valence-corrected chi connectivity index (χ2v) is 9.71. The molecule has 0 aliphatic heterocycles. The predicted octanol–water partition coefficient (Wildman–Crippen LogP) is 5.87. The van der Waals surface area contributed by atoms with Crippen LogP contribution in [-0.2, 0) is 4.79 Å². The molecule has 0 bridgehead atoms. The van der Waals surface area contributed by atoms with Crippen molar-refractivity contribution in [3.05, 3.63) is 77.9 Å². The van der Waals surface area contributed by atoms with Crippen LogP contribution >= 0.6 is 11.8 Å². The summed E-state index contributed by atoms with van der Waals surface area (Å²) < 4.78 is 33.0. The Morgan fingerprint density at radius 3 is 2.09 bits per heavy atom. The summed E-state index contributed by atoms with van der Waals surface area (Å²) >= 11 is 1.45. The van der Waals surface area contributed by atoms with E-state index in [1.165, 1.54) is 36.0 Å². The molecule has 2 unspecified atom stereocenters. The van der Waals surface area contributed by atoms with Gasteiger partial charge in [-0.2, -0.15) is 0 Å². The van der Waals surface area contributed by atoms with Gasteiger partial charge in [-0.1, -0.05) is 37.7 Å². The van der Waals surface area contributed by atoms with Crippen LogP contribution in [0.3, 0.4) is 0 Å².